The maximum atomic E-state index is 11.6. The molecule has 0 heterocycles. The molecule has 0 aromatic heterocycles. The third kappa shape index (κ3) is 2.84. The summed E-state index contributed by atoms with van der Waals surface area (Å²) < 4.78 is 81.9. The molecule has 1 nitrogen and oxygen atoms in total. The summed E-state index contributed by atoms with van der Waals surface area (Å²) in [5.41, 5.74) is 0. The number of hydrogen-bond donors (Lipinski definition) is 0. The van der Waals surface area contributed by atoms with Crippen LogP contribution in [0.5, 0.6) is 0 Å². The Morgan fingerprint density at radius 1 is 1.08 bits per heavy atom. The average Bonchev–Trinajstić information content (AvgIpc) is 1.84. The molecule has 12 heavy (non-hydrogen) atoms. The van der Waals surface area contributed by atoms with E-state index in [2.05, 4.69) is 4.74 Å². The van der Waals surface area contributed by atoms with E-state index in [4.69, 9.17) is 0 Å². The minimum Gasteiger partial charge on any atom is -0.275 e. The van der Waals surface area contributed by atoms with Gasteiger partial charge in [-0.3, -0.25) is 4.74 Å². The Hall–Kier alpha value is -0.530. The maximum Gasteiger partial charge on any atom is 0.483 e. The fourth-order valence-electron chi connectivity index (χ4n) is 0.259. The lowest BCUT2D eigenvalue weighted by molar-refractivity contribution is -0.413. The van der Waals surface area contributed by atoms with Crippen molar-refractivity contribution in [3.63, 3.8) is 0 Å². The van der Waals surface area contributed by atoms with Gasteiger partial charge in [-0.25, -0.2) is 8.78 Å². The van der Waals surface area contributed by atoms with Gasteiger partial charge in [-0.1, -0.05) is 0 Å². The van der Waals surface area contributed by atoms with Crippen LogP contribution in [-0.2, 0) is 4.74 Å². The Labute approximate surface area is 62.1 Å². The van der Waals surface area contributed by atoms with Gasteiger partial charge in [0.2, 0.25) is 6.36 Å². The first-order chi connectivity index (χ1) is 5.20. The lowest BCUT2D eigenvalue weighted by Crippen LogP contribution is -2.41. The Morgan fingerprint density at radius 2 is 1.50 bits per heavy atom. The van der Waals surface area contributed by atoms with Crippen LogP contribution in [0.25, 0.3) is 0 Å². The maximum absolute atomic E-state index is 11.6. The van der Waals surface area contributed by atoms with Gasteiger partial charge in [0, 0.05) is 0 Å². The Bertz CT molecular complexity index is 141. The van der Waals surface area contributed by atoms with Gasteiger partial charge in [-0.2, -0.15) is 22.0 Å². The number of ether oxygens (including phenoxy) is 1. The predicted octanol–water partition coefficient (Wildman–Crippen LogP) is 2.42. The van der Waals surface area contributed by atoms with Crippen molar-refractivity contribution in [3.8, 4) is 0 Å². The second-order valence-electron chi connectivity index (χ2n) is 1.70. The molecule has 0 spiro atoms. The SMILES string of the molecule is FCC(F)OC(F)(F)C(F)(F)F. The van der Waals surface area contributed by atoms with E-state index in [-0.39, 0.29) is 0 Å². The second-order valence-corrected chi connectivity index (χ2v) is 1.70. The summed E-state index contributed by atoms with van der Waals surface area (Å²) in [5, 5.41) is 0. The van der Waals surface area contributed by atoms with Crippen molar-refractivity contribution in [3.05, 3.63) is 0 Å². The number of hydrogen-bond acceptors (Lipinski definition) is 1. The molecule has 0 saturated carbocycles. The highest BCUT2D eigenvalue weighted by Crippen LogP contribution is 2.37. The molecular weight excluding hydrogens is 197 g/mol. The number of alkyl halides is 7. The van der Waals surface area contributed by atoms with Gasteiger partial charge in [0.05, 0.1) is 0 Å². The molecule has 1 atom stereocenters. The molecular formula is C4H3F7O. The first kappa shape index (κ1) is 11.5. The molecule has 0 aliphatic rings. The van der Waals surface area contributed by atoms with E-state index >= 15 is 0 Å². The van der Waals surface area contributed by atoms with Crippen LogP contribution >= 0.6 is 0 Å². The van der Waals surface area contributed by atoms with E-state index in [1.54, 1.807) is 0 Å². The topological polar surface area (TPSA) is 9.23 Å². The molecule has 74 valence electrons. The molecule has 0 rings (SSSR count). The van der Waals surface area contributed by atoms with E-state index in [9.17, 15) is 30.7 Å². The summed E-state index contributed by atoms with van der Waals surface area (Å²) >= 11 is 0. The summed E-state index contributed by atoms with van der Waals surface area (Å²) in [7, 11) is 0. The molecule has 0 aliphatic carbocycles. The quantitative estimate of drug-likeness (QED) is 0.635. The summed E-state index contributed by atoms with van der Waals surface area (Å²) in [4.78, 5) is 0. The van der Waals surface area contributed by atoms with Crippen LogP contribution in [0.1, 0.15) is 0 Å². The predicted molar refractivity (Wildman–Crippen MR) is 23.0 cm³/mol. The number of rotatable bonds is 3. The summed E-state index contributed by atoms with van der Waals surface area (Å²) in [6.07, 6.45) is -15.0. The van der Waals surface area contributed by atoms with Crippen molar-refractivity contribution < 1.29 is 35.5 Å². The third-order valence-electron chi connectivity index (χ3n) is 0.727. The smallest absolute Gasteiger partial charge is 0.275 e. The van der Waals surface area contributed by atoms with Gasteiger partial charge in [-0.15, -0.1) is 0 Å². The van der Waals surface area contributed by atoms with Crippen molar-refractivity contribution in [2.45, 2.75) is 18.6 Å². The zero-order valence-electron chi connectivity index (χ0n) is 5.34. The highest BCUT2D eigenvalue weighted by Gasteiger charge is 2.60. The molecule has 0 fully saturated rings. The third-order valence-corrected chi connectivity index (χ3v) is 0.727. The largest absolute Gasteiger partial charge is 0.483 e. The van der Waals surface area contributed by atoms with E-state index < -0.39 is 25.3 Å². The fourth-order valence-corrected chi connectivity index (χ4v) is 0.259. The fraction of sp³-hybridized carbons (Fsp3) is 1.00. The molecule has 0 bridgehead atoms. The van der Waals surface area contributed by atoms with Crippen LogP contribution in [0.3, 0.4) is 0 Å². The van der Waals surface area contributed by atoms with Gasteiger partial charge in [0.25, 0.3) is 0 Å². The molecule has 0 N–H and O–H groups in total. The molecule has 0 aromatic rings. The van der Waals surface area contributed by atoms with Crippen molar-refractivity contribution in [2.75, 3.05) is 6.67 Å². The van der Waals surface area contributed by atoms with Crippen molar-refractivity contribution >= 4 is 0 Å². The molecule has 1 unspecified atom stereocenters. The summed E-state index contributed by atoms with van der Waals surface area (Å²) in [5.74, 6) is 0. The van der Waals surface area contributed by atoms with Crippen LogP contribution < -0.4 is 0 Å². The van der Waals surface area contributed by atoms with Gasteiger partial charge in [0.15, 0.2) is 0 Å². The molecule has 0 amide bonds. The number of halogens is 7. The van der Waals surface area contributed by atoms with Gasteiger partial charge < -0.3 is 0 Å². The minimum atomic E-state index is -6.04. The van der Waals surface area contributed by atoms with Crippen LogP contribution in [0, 0.1) is 0 Å². The van der Waals surface area contributed by atoms with Gasteiger partial charge in [0.1, 0.15) is 6.67 Å². The summed E-state index contributed by atoms with van der Waals surface area (Å²) in [6.45, 7) is -2.06. The van der Waals surface area contributed by atoms with Gasteiger partial charge >= 0.3 is 12.3 Å². The average molecular weight is 200 g/mol. The van der Waals surface area contributed by atoms with E-state index in [0.29, 0.717) is 0 Å². The van der Waals surface area contributed by atoms with E-state index in [1.807, 2.05) is 0 Å². The lowest BCUT2D eigenvalue weighted by atomic mass is 10.6. The molecule has 8 heteroatoms. The second kappa shape index (κ2) is 3.46. The highest BCUT2D eigenvalue weighted by atomic mass is 19.4. The Kier molecular flexibility index (Phi) is 3.31. The van der Waals surface area contributed by atoms with Gasteiger partial charge in [-0.05, 0) is 0 Å². The Balaban J connectivity index is 4.22. The normalized spacial score (nSPS) is 16.2. The van der Waals surface area contributed by atoms with Crippen LogP contribution in [0.2, 0.25) is 0 Å². The zero-order chi connectivity index (χ0) is 9.99. The first-order valence-corrected chi connectivity index (χ1v) is 2.53. The highest BCUT2D eigenvalue weighted by molar-refractivity contribution is 4.64. The molecule has 0 aromatic carbocycles. The minimum absolute atomic E-state index is 2.06. The zero-order valence-corrected chi connectivity index (χ0v) is 5.34. The monoisotopic (exact) mass is 200 g/mol. The van der Waals surface area contributed by atoms with Crippen LogP contribution in [0.4, 0.5) is 30.7 Å². The Morgan fingerprint density at radius 3 is 1.75 bits per heavy atom. The lowest BCUT2D eigenvalue weighted by Gasteiger charge is -2.20. The standard InChI is InChI=1S/C4H3F7O/c5-1-2(6)12-4(10,11)3(7,8)9/h2H,1H2. The van der Waals surface area contributed by atoms with Crippen molar-refractivity contribution in [1.29, 1.82) is 0 Å². The van der Waals surface area contributed by atoms with Crippen LogP contribution in [-0.4, -0.2) is 25.3 Å². The first-order valence-electron chi connectivity index (χ1n) is 2.53. The molecule has 0 aliphatic heterocycles. The van der Waals surface area contributed by atoms with Crippen molar-refractivity contribution in [2.24, 2.45) is 0 Å². The van der Waals surface area contributed by atoms with E-state index in [0.717, 1.165) is 0 Å². The van der Waals surface area contributed by atoms with E-state index in [1.165, 1.54) is 0 Å². The summed E-state index contributed by atoms with van der Waals surface area (Å²) in [6, 6.07) is 0. The molecule has 0 saturated heterocycles. The van der Waals surface area contributed by atoms with Crippen LogP contribution in [0.15, 0.2) is 0 Å². The molecule has 0 radical (unpaired) electrons. The van der Waals surface area contributed by atoms with Crippen molar-refractivity contribution in [1.82, 2.24) is 0 Å².